The van der Waals surface area contributed by atoms with Crippen LogP contribution in [0.3, 0.4) is 0 Å². The van der Waals surface area contributed by atoms with E-state index in [0.717, 1.165) is 6.04 Å². The number of hydrogen-bond acceptors (Lipinski definition) is 3. The van der Waals surface area contributed by atoms with Gasteiger partial charge in [0, 0.05) is 25.2 Å². The Labute approximate surface area is 119 Å². The molecule has 0 spiro atoms. The summed E-state index contributed by atoms with van der Waals surface area (Å²) in [7, 11) is 4.49. The molecule has 2 fully saturated rings. The fourth-order valence-corrected chi connectivity index (χ4v) is 3.80. The fraction of sp³-hybridized carbons (Fsp3) is 1.00. The molecule has 1 saturated carbocycles. The second-order valence-electron chi connectivity index (χ2n) is 6.48. The van der Waals surface area contributed by atoms with Crippen molar-refractivity contribution in [3.05, 3.63) is 0 Å². The lowest BCUT2D eigenvalue weighted by atomic mass is 9.91. The van der Waals surface area contributed by atoms with Gasteiger partial charge in [0.15, 0.2) is 0 Å². The minimum Gasteiger partial charge on any atom is -0.315 e. The predicted octanol–water partition coefficient (Wildman–Crippen LogP) is 2.32. The van der Waals surface area contributed by atoms with E-state index in [1.165, 1.54) is 77.5 Å². The molecule has 2 rings (SSSR count). The van der Waals surface area contributed by atoms with Crippen molar-refractivity contribution in [1.29, 1.82) is 0 Å². The van der Waals surface area contributed by atoms with Gasteiger partial charge < -0.3 is 15.1 Å². The molecule has 0 amide bonds. The van der Waals surface area contributed by atoms with Crippen molar-refractivity contribution in [2.75, 3.05) is 40.3 Å². The predicted molar refractivity (Wildman–Crippen MR) is 82.6 cm³/mol. The van der Waals surface area contributed by atoms with Crippen LogP contribution in [0.5, 0.6) is 0 Å². The summed E-state index contributed by atoms with van der Waals surface area (Å²) in [4.78, 5) is 5.26. The summed E-state index contributed by atoms with van der Waals surface area (Å²) in [6.45, 7) is 5.16. The lowest BCUT2D eigenvalue weighted by Gasteiger charge is -2.37. The van der Waals surface area contributed by atoms with Gasteiger partial charge in [0.05, 0.1) is 0 Å². The number of hydrogen-bond donors (Lipinski definition) is 1. The zero-order valence-corrected chi connectivity index (χ0v) is 13.0. The first-order chi connectivity index (χ1) is 9.31. The van der Waals surface area contributed by atoms with Gasteiger partial charge in [-0.2, -0.15) is 0 Å². The number of nitrogens with one attached hydrogen (secondary N) is 1. The monoisotopic (exact) mass is 267 g/mol. The normalized spacial score (nSPS) is 30.5. The number of likely N-dealkylation sites (N-methyl/N-ethyl adjacent to an activating group) is 2. The Hall–Kier alpha value is -0.120. The molecule has 0 aromatic carbocycles. The van der Waals surface area contributed by atoms with Crippen molar-refractivity contribution in [2.24, 2.45) is 0 Å². The average molecular weight is 267 g/mol. The molecular weight excluding hydrogens is 234 g/mol. The maximum absolute atomic E-state index is 3.58. The maximum Gasteiger partial charge on any atom is 0.0246 e. The van der Waals surface area contributed by atoms with Crippen LogP contribution in [-0.4, -0.2) is 62.2 Å². The molecule has 1 aliphatic heterocycles. The number of nitrogens with zero attached hydrogens (tertiary/aromatic N) is 2. The molecule has 0 aromatic rings. The van der Waals surface area contributed by atoms with Crippen LogP contribution in [0.25, 0.3) is 0 Å². The Morgan fingerprint density at radius 3 is 2.37 bits per heavy atom. The second kappa shape index (κ2) is 8.23. The van der Waals surface area contributed by atoms with Crippen molar-refractivity contribution < 1.29 is 0 Å². The Kier molecular flexibility index (Phi) is 6.62. The molecule has 1 aliphatic carbocycles. The molecule has 3 heteroatoms. The van der Waals surface area contributed by atoms with E-state index < -0.39 is 0 Å². The highest BCUT2D eigenvalue weighted by atomic mass is 15.2. The van der Waals surface area contributed by atoms with Gasteiger partial charge in [0.25, 0.3) is 0 Å². The summed E-state index contributed by atoms with van der Waals surface area (Å²) < 4.78 is 0. The molecule has 1 heterocycles. The van der Waals surface area contributed by atoms with Crippen molar-refractivity contribution in [3.8, 4) is 0 Å². The first kappa shape index (κ1) is 15.3. The quantitative estimate of drug-likeness (QED) is 0.825. The van der Waals surface area contributed by atoms with Crippen LogP contribution in [-0.2, 0) is 0 Å². The number of likely N-dealkylation sites (tertiary alicyclic amines) is 1. The molecule has 1 N–H and O–H groups in total. The molecule has 0 radical (unpaired) electrons. The summed E-state index contributed by atoms with van der Waals surface area (Å²) in [6, 6.07) is 1.44. The fourth-order valence-electron chi connectivity index (χ4n) is 3.80. The second-order valence-corrected chi connectivity index (χ2v) is 6.48. The van der Waals surface area contributed by atoms with Gasteiger partial charge in [-0.3, -0.25) is 0 Å². The third-order valence-corrected chi connectivity index (χ3v) is 5.13. The Balaban J connectivity index is 1.80. The van der Waals surface area contributed by atoms with Gasteiger partial charge in [0.2, 0.25) is 0 Å². The highest BCUT2D eigenvalue weighted by molar-refractivity contribution is 4.84. The lowest BCUT2D eigenvalue weighted by molar-refractivity contribution is 0.150. The summed E-state index contributed by atoms with van der Waals surface area (Å²) in [5, 5.41) is 3.58. The Bertz CT molecular complexity index is 238. The molecule has 0 aromatic heterocycles. The van der Waals surface area contributed by atoms with Crippen molar-refractivity contribution >= 4 is 0 Å². The molecule has 3 nitrogen and oxygen atoms in total. The van der Waals surface area contributed by atoms with Crippen LogP contribution in [0.4, 0.5) is 0 Å². The lowest BCUT2D eigenvalue weighted by Crippen LogP contribution is -2.49. The maximum atomic E-state index is 3.58. The van der Waals surface area contributed by atoms with E-state index >= 15 is 0 Å². The third-order valence-electron chi connectivity index (χ3n) is 5.13. The molecule has 0 bridgehead atoms. The van der Waals surface area contributed by atoms with Crippen molar-refractivity contribution in [3.63, 3.8) is 0 Å². The van der Waals surface area contributed by atoms with Gasteiger partial charge in [-0.15, -0.1) is 0 Å². The van der Waals surface area contributed by atoms with Gasteiger partial charge in [-0.05, 0) is 52.9 Å². The highest BCUT2D eigenvalue weighted by Crippen LogP contribution is 2.21. The molecule has 1 saturated heterocycles. The standard InChI is InChI=1S/C16H33N3/c1-17-15-9-5-3-4-6-10-16(15)18(2)13-14-19-11-7-8-12-19/h15-17H,3-14H2,1-2H3. The number of rotatable bonds is 5. The van der Waals surface area contributed by atoms with Crippen LogP contribution < -0.4 is 5.32 Å². The molecule has 2 atom stereocenters. The molecule has 112 valence electrons. The van der Waals surface area contributed by atoms with E-state index in [1.54, 1.807) is 0 Å². The molecule has 2 aliphatic rings. The SMILES string of the molecule is CNC1CCCCCCC1N(C)CCN1CCCC1. The van der Waals surface area contributed by atoms with Crippen molar-refractivity contribution in [1.82, 2.24) is 15.1 Å². The van der Waals surface area contributed by atoms with E-state index in [-0.39, 0.29) is 0 Å². The minimum absolute atomic E-state index is 0.698. The largest absolute Gasteiger partial charge is 0.315 e. The van der Waals surface area contributed by atoms with Crippen LogP contribution >= 0.6 is 0 Å². The van der Waals surface area contributed by atoms with E-state index in [9.17, 15) is 0 Å². The minimum atomic E-state index is 0.698. The Morgan fingerprint density at radius 2 is 1.68 bits per heavy atom. The third kappa shape index (κ3) is 4.73. The zero-order chi connectivity index (χ0) is 13.5. The van der Waals surface area contributed by atoms with E-state index in [0.29, 0.717) is 6.04 Å². The van der Waals surface area contributed by atoms with Crippen LogP contribution in [0.15, 0.2) is 0 Å². The summed E-state index contributed by atoms with van der Waals surface area (Å²) in [5.41, 5.74) is 0. The summed E-state index contributed by atoms with van der Waals surface area (Å²) >= 11 is 0. The smallest absolute Gasteiger partial charge is 0.0246 e. The van der Waals surface area contributed by atoms with E-state index in [1.807, 2.05) is 0 Å². The summed E-state index contributed by atoms with van der Waals surface area (Å²) in [5.74, 6) is 0. The molecular formula is C16H33N3. The van der Waals surface area contributed by atoms with Gasteiger partial charge in [-0.25, -0.2) is 0 Å². The van der Waals surface area contributed by atoms with Crippen LogP contribution in [0, 0.1) is 0 Å². The van der Waals surface area contributed by atoms with Crippen LogP contribution in [0.2, 0.25) is 0 Å². The topological polar surface area (TPSA) is 18.5 Å². The van der Waals surface area contributed by atoms with E-state index in [4.69, 9.17) is 0 Å². The first-order valence-corrected chi connectivity index (χ1v) is 8.41. The van der Waals surface area contributed by atoms with Gasteiger partial charge in [0.1, 0.15) is 0 Å². The van der Waals surface area contributed by atoms with Crippen LogP contribution in [0.1, 0.15) is 51.4 Å². The first-order valence-electron chi connectivity index (χ1n) is 8.41. The van der Waals surface area contributed by atoms with Gasteiger partial charge in [-0.1, -0.05) is 25.7 Å². The van der Waals surface area contributed by atoms with Gasteiger partial charge >= 0.3 is 0 Å². The average Bonchev–Trinajstić information content (AvgIpc) is 2.89. The summed E-state index contributed by atoms with van der Waals surface area (Å²) in [6.07, 6.45) is 11.2. The zero-order valence-electron chi connectivity index (χ0n) is 13.0. The van der Waals surface area contributed by atoms with E-state index in [2.05, 4.69) is 29.2 Å². The molecule has 2 unspecified atom stereocenters. The van der Waals surface area contributed by atoms with Crippen molar-refractivity contribution in [2.45, 2.75) is 63.5 Å². The molecule has 19 heavy (non-hydrogen) atoms. The highest BCUT2D eigenvalue weighted by Gasteiger charge is 2.25. The Morgan fingerprint density at radius 1 is 1.00 bits per heavy atom.